The first-order chi connectivity index (χ1) is 22.4. The molecule has 0 bridgehead atoms. The molecular formula is C37H23N5O4. The Bertz CT molecular complexity index is 2320. The SMILES string of the molecule is O=C1C(=O)c2cc3ccccc3cc2C=C1NC1=NCN(N=C2Cc3cc4ccccc4cc3C(=O)C2=O)C(c2ccccc2)=N1. The highest BCUT2D eigenvalue weighted by molar-refractivity contribution is 6.70. The van der Waals surface area contributed by atoms with Crippen LogP contribution < -0.4 is 5.32 Å². The number of hydrogen-bond donors (Lipinski definition) is 1. The predicted octanol–water partition coefficient (Wildman–Crippen LogP) is 5.13. The zero-order chi connectivity index (χ0) is 31.4. The van der Waals surface area contributed by atoms with Crippen LogP contribution in [0.3, 0.4) is 0 Å². The Morgan fingerprint density at radius 2 is 1.26 bits per heavy atom. The molecule has 5 aromatic carbocycles. The van der Waals surface area contributed by atoms with Crippen molar-refractivity contribution in [3.05, 3.63) is 137 Å². The molecule has 5 aromatic rings. The number of benzene rings is 5. The van der Waals surface area contributed by atoms with Crippen molar-refractivity contribution < 1.29 is 19.2 Å². The number of ketones is 4. The highest BCUT2D eigenvalue weighted by Gasteiger charge is 2.33. The van der Waals surface area contributed by atoms with E-state index in [1.165, 1.54) is 5.01 Å². The summed E-state index contributed by atoms with van der Waals surface area (Å²) in [4.78, 5) is 61.8. The summed E-state index contributed by atoms with van der Waals surface area (Å²) < 4.78 is 0. The average molecular weight is 602 g/mol. The largest absolute Gasteiger partial charge is 0.321 e. The van der Waals surface area contributed by atoms with Gasteiger partial charge in [-0.1, -0.05) is 84.9 Å². The van der Waals surface area contributed by atoms with Crippen molar-refractivity contribution in [3.63, 3.8) is 0 Å². The number of hydrazone groups is 1. The lowest BCUT2D eigenvalue weighted by Crippen LogP contribution is -2.40. The number of nitrogens with one attached hydrogen (secondary N) is 1. The van der Waals surface area contributed by atoms with Crippen LogP contribution in [0.25, 0.3) is 27.6 Å². The smallest absolute Gasteiger partial charge is 0.249 e. The van der Waals surface area contributed by atoms with Gasteiger partial charge in [-0.05, 0) is 56.9 Å². The lowest BCUT2D eigenvalue weighted by Gasteiger charge is -2.26. The lowest BCUT2D eigenvalue weighted by atomic mass is 9.86. The summed E-state index contributed by atoms with van der Waals surface area (Å²) in [5, 5.41) is 12.7. The normalized spacial score (nSPS) is 17.1. The van der Waals surface area contributed by atoms with Gasteiger partial charge in [0.1, 0.15) is 12.4 Å². The molecule has 0 spiro atoms. The van der Waals surface area contributed by atoms with Gasteiger partial charge in [-0.3, -0.25) is 19.2 Å². The van der Waals surface area contributed by atoms with E-state index in [-0.39, 0.29) is 30.5 Å². The Balaban J connectivity index is 1.13. The van der Waals surface area contributed by atoms with Gasteiger partial charge in [0.15, 0.2) is 5.84 Å². The summed E-state index contributed by atoms with van der Waals surface area (Å²) in [6, 6.07) is 31.8. The highest BCUT2D eigenvalue weighted by atomic mass is 16.2. The van der Waals surface area contributed by atoms with Crippen LogP contribution in [-0.2, 0) is 16.0 Å². The summed E-state index contributed by atoms with van der Waals surface area (Å²) in [5.41, 5.74) is 2.90. The lowest BCUT2D eigenvalue weighted by molar-refractivity contribution is -0.112. The van der Waals surface area contributed by atoms with E-state index in [1.54, 1.807) is 18.2 Å². The van der Waals surface area contributed by atoms with E-state index >= 15 is 0 Å². The van der Waals surface area contributed by atoms with Crippen molar-refractivity contribution in [3.8, 4) is 0 Å². The molecule has 9 heteroatoms. The number of Topliss-reactive ketones (excluding diaryl/α,β-unsaturated/α-hetero) is 4. The number of rotatable bonds is 3. The minimum Gasteiger partial charge on any atom is -0.321 e. The first kappa shape index (κ1) is 27.2. The summed E-state index contributed by atoms with van der Waals surface area (Å²) in [6.07, 6.45) is 1.81. The van der Waals surface area contributed by atoms with Gasteiger partial charge in [-0.15, -0.1) is 0 Å². The fraction of sp³-hybridized carbons (Fsp3) is 0.0541. The molecule has 0 fully saturated rings. The minimum absolute atomic E-state index is 0.0533. The van der Waals surface area contributed by atoms with Gasteiger partial charge in [-0.25, -0.2) is 10.0 Å². The molecule has 0 amide bonds. The second-order valence-electron chi connectivity index (χ2n) is 11.2. The van der Waals surface area contributed by atoms with Gasteiger partial charge in [0.2, 0.25) is 29.1 Å². The molecule has 0 atom stereocenters. The van der Waals surface area contributed by atoms with Crippen molar-refractivity contribution in [2.24, 2.45) is 15.1 Å². The molecule has 0 aromatic heterocycles. The third kappa shape index (κ3) is 4.62. The van der Waals surface area contributed by atoms with Crippen LogP contribution in [0.2, 0.25) is 0 Å². The fourth-order valence-electron chi connectivity index (χ4n) is 5.98. The summed E-state index contributed by atoms with van der Waals surface area (Å²) >= 11 is 0. The summed E-state index contributed by atoms with van der Waals surface area (Å²) in [5.74, 6) is -2.12. The van der Waals surface area contributed by atoms with Gasteiger partial charge in [0.05, 0.1) is 5.70 Å². The molecule has 3 aliphatic rings. The number of hydrogen-bond acceptors (Lipinski definition) is 9. The zero-order valence-electron chi connectivity index (χ0n) is 24.2. The first-order valence-corrected chi connectivity index (χ1v) is 14.7. The molecule has 46 heavy (non-hydrogen) atoms. The van der Waals surface area contributed by atoms with E-state index in [4.69, 9.17) is 0 Å². The molecule has 220 valence electrons. The monoisotopic (exact) mass is 601 g/mol. The number of carbonyl (C=O) groups is 4. The van der Waals surface area contributed by atoms with E-state index in [1.807, 2.05) is 91.0 Å². The molecule has 1 N–H and O–H groups in total. The zero-order valence-corrected chi connectivity index (χ0v) is 24.2. The molecular weight excluding hydrogens is 578 g/mol. The minimum atomic E-state index is -0.692. The standard InChI is InChI=1S/C37H23N5O4/c43-32-28-16-24-12-6-4-10-22(24)14-26(28)18-30(34(32)45)39-37-38-20-42(36(40-37)21-8-2-1-3-9-21)41-31-19-27-15-23-11-5-7-13-25(23)17-29(27)33(44)35(31)46/h1-18H,19-20H2,(H,38,39). The Hall–Kier alpha value is -6.35. The van der Waals surface area contributed by atoms with Crippen molar-refractivity contribution in [1.82, 2.24) is 10.3 Å². The number of allylic oxidation sites excluding steroid dienone is 1. The summed E-state index contributed by atoms with van der Waals surface area (Å²) in [7, 11) is 0. The quantitative estimate of drug-likeness (QED) is 0.287. The second kappa shape index (κ2) is 10.7. The van der Waals surface area contributed by atoms with Crippen LogP contribution in [0.15, 0.2) is 124 Å². The topological polar surface area (TPSA) is 121 Å². The van der Waals surface area contributed by atoms with Crippen LogP contribution in [-0.4, -0.2) is 52.3 Å². The Labute approximate surface area is 262 Å². The van der Waals surface area contributed by atoms with Crippen LogP contribution >= 0.6 is 0 Å². The van der Waals surface area contributed by atoms with E-state index in [9.17, 15) is 19.2 Å². The number of guanidine groups is 1. The molecule has 1 aliphatic heterocycles. The fourth-order valence-corrected chi connectivity index (χ4v) is 5.98. The van der Waals surface area contributed by atoms with E-state index in [0.29, 0.717) is 28.1 Å². The number of amidine groups is 1. The molecule has 2 aliphatic carbocycles. The first-order valence-electron chi connectivity index (χ1n) is 14.7. The van der Waals surface area contributed by atoms with Crippen molar-refractivity contribution in [2.45, 2.75) is 6.42 Å². The number of aliphatic imine (C=N–C) groups is 2. The van der Waals surface area contributed by atoms with Crippen LogP contribution in [0, 0.1) is 0 Å². The van der Waals surface area contributed by atoms with Crippen molar-refractivity contribution in [2.75, 3.05) is 6.67 Å². The maximum atomic E-state index is 13.2. The predicted molar refractivity (Wildman–Crippen MR) is 176 cm³/mol. The number of nitrogens with zero attached hydrogens (tertiary/aromatic N) is 4. The van der Waals surface area contributed by atoms with Gasteiger partial charge >= 0.3 is 0 Å². The molecule has 0 saturated carbocycles. The Morgan fingerprint density at radius 3 is 1.98 bits per heavy atom. The maximum Gasteiger partial charge on any atom is 0.249 e. The van der Waals surface area contributed by atoms with Crippen LogP contribution in [0.4, 0.5) is 0 Å². The van der Waals surface area contributed by atoms with E-state index in [0.717, 1.165) is 27.1 Å². The highest BCUT2D eigenvalue weighted by Crippen LogP contribution is 2.28. The molecule has 0 saturated heterocycles. The Morgan fingerprint density at radius 1 is 0.652 bits per heavy atom. The van der Waals surface area contributed by atoms with Crippen LogP contribution in [0.5, 0.6) is 0 Å². The van der Waals surface area contributed by atoms with E-state index < -0.39 is 23.1 Å². The molecule has 1 heterocycles. The molecule has 8 rings (SSSR count). The van der Waals surface area contributed by atoms with Crippen molar-refractivity contribution in [1.29, 1.82) is 0 Å². The molecule has 0 radical (unpaired) electrons. The van der Waals surface area contributed by atoms with E-state index in [2.05, 4.69) is 20.4 Å². The second-order valence-corrected chi connectivity index (χ2v) is 11.2. The van der Waals surface area contributed by atoms with Crippen molar-refractivity contribution >= 4 is 68.3 Å². The van der Waals surface area contributed by atoms with Gasteiger partial charge in [-0.2, -0.15) is 10.1 Å². The third-order valence-electron chi connectivity index (χ3n) is 8.29. The number of fused-ring (bicyclic) bond motifs is 4. The van der Waals surface area contributed by atoms with Crippen LogP contribution in [0.1, 0.15) is 37.4 Å². The Kier molecular flexibility index (Phi) is 6.31. The molecule has 9 nitrogen and oxygen atoms in total. The van der Waals surface area contributed by atoms with Gasteiger partial charge < -0.3 is 5.32 Å². The summed E-state index contributed by atoms with van der Waals surface area (Å²) in [6.45, 7) is -0.0533. The average Bonchev–Trinajstić information content (AvgIpc) is 3.09. The number of carbonyl (C=O) groups excluding carboxylic acids is 4. The third-order valence-corrected chi connectivity index (χ3v) is 8.29. The van der Waals surface area contributed by atoms with Gasteiger partial charge in [0, 0.05) is 23.1 Å². The van der Waals surface area contributed by atoms with Gasteiger partial charge in [0.25, 0.3) is 0 Å². The maximum absolute atomic E-state index is 13.2. The molecule has 0 unspecified atom stereocenters.